The van der Waals surface area contributed by atoms with Gasteiger partial charge in [0.15, 0.2) is 6.10 Å². The van der Waals surface area contributed by atoms with E-state index in [0.717, 1.165) is 5.01 Å². The zero-order chi connectivity index (χ0) is 27.7. The Labute approximate surface area is 220 Å². The Balaban J connectivity index is 1.62. The number of amides is 1. The van der Waals surface area contributed by atoms with E-state index in [1.54, 1.807) is 38.1 Å². The van der Waals surface area contributed by atoms with Gasteiger partial charge in [-0.25, -0.2) is 19.4 Å². The number of aromatic amines is 1. The quantitative estimate of drug-likeness (QED) is 0.182. The number of benzene rings is 2. The smallest absolute Gasteiger partial charge is 0.431 e. The Bertz CT molecular complexity index is 1240. The Morgan fingerprint density at radius 1 is 1.16 bits per heavy atom. The van der Waals surface area contributed by atoms with Gasteiger partial charge in [-0.3, -0.25) is 9.80 Å². The Morgan fingerprint density at radius 3 is 2.55 bits per heavy atom. The molecule has 0 unspecified atom stereocenters. The third kappa shape index (κ3) is 8.19. The highest BCUT2D eigenvalue weighted by molar-refractivity contribution is 6.30. The van der Waals surface area contributed by atoms with E-state index in [1.165, 1.54) is 18.2 Å². The van der Waals surface area contributed by atoms with Gasteiger partial charge in [0.25, 0.3) is 5.82 Å². The van der Waals surface area contributed by atoms with Crippen LogP contribution in [0.5, 0.6) is 0 Å². The van der Waals surface area contributed by atoms with E-state index >= 15 is 0 Å². The first-order valence-corrected chi connectivity index (χ1v) is 11.5. The summed E-state index contributed by atoms with van der Waals surface area (Å²) in [6.45, 7) is 1.90. The number of nitrogens with one attached hydrogen (secondary N) is 2. The summed E-state index contributed by atoms with van der Waals surface area (Å²) in [5, 5.41) is 24.2. The van der Waals surface area contributed by atoms with Crippen LogP contribution >= 0.6 is 11.6 Å². The minimum Gasteiger partial charge on any atom is -0.431 e. The van der Waals surface area contributed by atoms with Crippen molar-refractivity contribution in [3.05, 3.63) is 64.7 Å². The third-order valence-electron chi connectivity index (χ3n) is 4.79. The van der Waals surface area contributed by atoms with E-state index in [1.807, 2.05) is 0 Å². The summed E-state index contributed by atoms with van der Waals surface area (Å²) in [5.74, 6) is -2.73. The fraction of sp³-hybridized carbons (Fsp3) is 0.304. The SMILES string of the molecule is CC(C)OC(=O)OCOC(=O)[C@H](O)CN(NCc1ccc(-c2cc(Cl)ccc2F)cc1)C(=O)c1nn[nH]n1. The number of carbonyl (C=O) groups is 3. The predicted octanol–water partition coefficient (Wildman–Crippen LogP) is 2.23. The average Bonchev–Trinajstić information content (AvgIpc) is 3.42. The zero-order valence-electron chi connectivity index (χ0n) is 20.3. The molecule has 0 aliphatic heterocycles. The van der Waals surface area contributed by atoms with Gasteiger partial charge in [-0.1, -0.05) is 35.9 Å². The first-order valence-electron chi connectivity index (χ1n) is 11.1. The van der Waals surface area contributed by atoms with E-state index in [-0.39, 0.29) is 12.4 Å². The van der Waals surface area contributed by atoms with E-state index in [4.69, 9.17) is 21.1 Å². The predicted molar refractivity (Wildman–Crippen MR) is 129 cm³/mol. The molecule has 0 aliphatic rings. The first-order chi connectivity index (χ1) is 18.1. The van der Waals surface area contributed by atoms with Crippen molar-refractivity contribution in [1.82, 2.24) is 31.1 Å². The number of hydrogen-bond donors (Lipinski definition) is 3. The number of carbonyl (C=O) groups excluding carboxylic acids is 3. The van der Waals surface area contributed by atoms with Crippen molar-refractivity contribution in [2.24, 2.45) is 0 Å². The van der Waals surface area contributed by atoms with Crippen LogP contribution in [0.1, 0.15) is 30.0 Å². The van der Waals surface area contributed by atoms with Crippen molar-refractivity contribution in [3.8, 4) is 11.1 Å². The Morgan fingerprint density at radius 2 is 1.89 bits per heavy atom. The topological polar surface area (TPSA) is 169 Å². The standard InChI is InChI=1S/C23H24ClFN6O7/c1-13(2)38-23(35)37-12-36-22(34)19(32)11-31(21(33)20-27-29-30-28-20)26-10-14-3-5-15(6-4-14)17-9-16(24)7-8-18(17)25/h3-9,13,19,26,32H,10-12H2,1-2H3,(H,27,28,29,30)/t19-/m1/s1. The molecule has 0 spiro atoms. The van der Waals surface area contributed by atoms with E-state index in [2.05, 4.69) is 30.8 Å². The Kier molecular flexibility index (Phi) is 10.0. The lowest BCUT2D eigenvalue weighted by Crippen LogP contribution is -2.49. The van der Waals surface area contributed by atoms with Crippen LogP contribution in [0.2, 0.25) is 5.02 Å². The van der Waals surface area contributed by atoms with Crippen LogP contribution < -0.4 is 5.43 Å². The molecule has 1 atom stereocenters. The number of rotatable bonds is 11. The lowest BCUT2D eigenvalue weighted by molar-refractivity contribution is -0.164. The second-order valence-electron chi connectivity index (χ2n) is 7.97. The van der Waals surface area contributed by atoms with Crippen LogP contribution in [0.4, 0.5) is 9.18 Å². The molecule has 1 aromatic heterocycles. The molecule has 0 saturated heterocycles. The number of hydrogen-bond acceptors (Lipinski definition) is 11. The van der Waals surface area contributed by atoms with Gasteiger partial charge in [0.2, 0.25) is 6.79 Å². The molecule has 0 fully saturated rings. The molecule has 1 amide bonds. The summed E-state index contributed by atoms with van der Waals surface area (Å²) in [6, 6.07) is 11.0. The van der Waals surface area contributed by atoms with Crippen molar-refractivity contribution >= 4 is 29.6 Å². The summed E-state index contributed by atoms with van der Waals surface area (Å²) < 4.78 is 28.1. The minimum atomic E-state index is -1.82. The maximum absolute atomic E-state index is 14.2. The van der Waals surface area contributed by atoms with E-state index in [9.17, 15) is 23.9 Å². The van der Waals surface area contributed by atoms with Gasteiger partial charge < -0.3 is 19.3 Å². The third-order valence-corrected chi connectivity index (χ3v) is 5.02. The van der Waals surface area contributed by atoms with Crippen molar-refractivity contribution in [2.45, 2.75) is 32.6 Å². The second kappa shape index (κ2) is 13.4. The number of H-pyrrole nitrogens is 1. The van der Waals surface area contributed by atoms with Gasteiger partial charge in [0.1, 0.15) is 5.82 Å². The summed E-state index contributed by atoms with van der Waals surface area (Å²) in [4.78, 5) is 36.3. The average molecular weight is 551 g/mol. The summed E-state index contributed by atoms with van der Waals surface area (Å²) in [7, 11) is 0. The number of esters is 1. The molecule has 3 rings (SSSR count). The minimum absolute atomic E-state index is 0.0633. The number of aromatic nitrogens is 4. The van der Waals surface area contributed by atoms with Crippen LogP contribution in [-0.4, -0.2) is 74.3 Å². The highest BCUT2D eigenvalue weighted by Gasteiger charge is 2.27. The van der Waals surface area contributed by atoms with Crippen LogP contribution in [0.25, 0.3) is 11.1 Å². The number of hydrazine groups is 1. The van der Waals surface area contributed by atoms with Crippen LogP contribution in [0.15, 0.2) is 42.5 Å². The maximum Gasteiger partial charge on any atom is 0.511 e. The molecule has 15 heteroatoms. The van der Waals surface area contributed by atoms with Crippen molar-refractivity contribution < 1.29 is 38.1 Å². The lowest BCUT2D eigenvalue weighted by atomic mass is 10.0. The van der Waals surface area contributed by atoms with Gasteiger partial charge in [-0.2, -0.15) is 5.21 Å². The second-order valence-corrected chi connectivity index (χ2v) is 8.40. The molecule has 1 heterocycles. The van der Waals surface area contributed by atoms with Crippen LogP contribution in [0.3, 0.4) is 0 Å². The fourth-order valence-electron chi connectivity index (χ4n) is 3.01. The van der Waals surface area contributed by atoms with Gasteiger partial charge >= 0.3 is 18.0 Å². The molecule has 3 N–H and O–H groups in total. The van der Waals surface area contributed by atoms with Crippen molar-refractivity contribution in [2.75, 3.05) is 13.3 Å². The summed E-state index contributed by atoms with van der Waals surface area (Å²) in [6.07, 6.45) is -3.31. The lowest BCUT2D eigenvalue weighted by Gasteiger charge is -2.24. The molecule has 0 saturated carbocycles. The monoisotopic (exact) mass is 550 g/mol. The molecule has 202 valence electrons. The summed E-state index contributed by atoms with van der Waals surface area (Å²) in [5.41, 5.74) is 4.37. The molecule has 2 aromatic carbocycles. The Hall–Kier alpha value is -4.14. The molecule has 0 bridgehead atoms. The summed E-state index contributed by atoms with van der Waals surface area (Å²) >= 11 is 5.97. The maximum atomic E-state index is 14.2. The number of aliphatic hydroxyl groups is 1. The van der Waals surface area contributed by atoms with E-state index in [0.29, 0.717) is 21.7 Å². The highest BCUT2D eigenvalue weighted by Crippen LogP contribution is 2.26. The molecular weight excluding hydrogens is 527 g/mol. The molecule has 0 aliphatic carbocycles. The number of halogens is 2. The molecule has 3 aromatic rings. The number of ether oxygens (including phenoxy) is 3. The number of aliphatic hydroxyl groups excluding tert-OH is 1. The first kappa shape index (κ1) is 28.4. The van der Waals surface area contributed by atoms with Crippen molar-refractivity contribution in [3.63, 3.8) is 0 Å². The normalized spacial score (nSPS) is 11.6. The van der Waals surface area contributed by atoms with Crippen LogP contribution in [-0.2, 0) is 25.5 Å². The number of nitrogens with zero attached hydrogens (tertiary/aromatic N) is 4. The molecule has 38 heavy (non-hydrogen) atoms. The molecule has 13 nitrogen and oxygen atoms in total. The fourth-order valence-corrected chi connectivity index (χ4v) is 3.18. The number of tetrazole rings is 1. The van der Waals surface area contributed by atoms with E-state index < -0.39 is 49.4 Å². The van der Waals surface area contributed by atoms with Gasteiger partial charge in [0.05, 0.1) is 12.6 Å². The zero-order valence-corrected chi connectivity index (χ0v) is 21.0. The van der Waals surface area contributed by atoms with Gasteiger partial charge in [-0.05, 0) is 48.4 Å². The van der Waals surface area contributed by atoms with Gasteiger partial charge in [-0.15, -0.1) is 10.2 Å². The van der Waals surface area contributed by atoms with Crippen molar-refractivity contribution in [1.29, 1.82) is 0 Å². The molecule has 0 radical (unpaired) electrons. The van der Waals surface area contributed by atoms with Gasteiger partial charge in [0, 0.05) is 17.1 Å². The largest absolute Gasteiger partial charge is 0.511 e. The highest BCUT2D eigenvalue weighted by atomic mass is 35.5. The van der Waals surface area contributed by atoms with Crippen LogP contribution in [0, 0.1) is 5.82 Å². The molecular formula is C23H24ClFN6O7.